The van der Waals surface area contributed by atoms with Crippen molar-refractivity contribution >= 4 is 17.6 Å². The smallest absolute Gasteiger partial charge is 0.319 e. The highest BCUT2D eigenvalue weighted by molar-refractivity contribution is 6.23. The first-order chi connectivity index (χ1) is 10.0. The van der Waals surface area contributed by atoms with Gasteiger partial charge >= 0.3 is 6.03 Å². The van der Waals surface area contributed by atoms with Crippen molar-refractivity contribution in [1.82, 2.24) is 5.32 Å². The lowest BCUT2D eigenvalue weighted by Gasteiger charge is -2.22. The first kappa shape index (κ1) is 13.4. The van der Waals surface area contributed by atoms with Crippen molar-refractivity contribution in [3.05, 3.63) is 65.7 Å². The van der Waals surface area contributed by atoms with E-state index in [9.17, 15) is 9.59 Å². The third kappa shape index (κ3) is 2.09. The number of imide groups is 1. The fourth-order valence-electron chi connectivity index (χ4n) is 2.53. The summed E-state index contributed by atoms with van der Waals surface area (Å²) in [5, 5.41) is 2.80. The maximum Gasteiger partial charge on any atom is 0.329 e. The van der Waals surface area contributed by atoms with Gasteiger partial charge in [0, 0.05) is 0 Å². The van der Waals surface area contributed by atoms with E-state index in [1.807, 2.05) is 49.4 Å². The van der Waals surface area contributed by atoms with Crippen molar-refractivity contribution in [2.24, 2.45) is 0 Å². The second kappa shape index (κ2) is 4.74. The molecule has 1 heterocycles. The summed E-state index contributed by atoms with van der Waals surface area (Å²) in [4.78, 5) is 26.2. The van der Waals surface area contributed by atoms with Gasteiger partial charge in [0.05, 0.1) is 5.69 Å². The fourth-order valence-corrected chi connectivity index (χ4v) is 2.53. The molecule has 0 aliphatic carbocycles. The first-order valence-corrected chi connectivity index (χ1v) is 6.81. The maximum atomic E-state index is 12.8. The Hall–Kier alpha value is -2.62. The van der Waals surface area contributed by atoms with E-state index in [0.717, 1.165) is 11.1 Å². The highest BCUT2D eigenvalue weighted by Gasteiger charge is 2.49. The van der Waals surface area contributed by atoms with Crippen molar-refractivity contribution < 1.29 is 9.59 Å². The van der Waals surface area contributed by atoms with Crippen LogP contribution in [0.4, 0.5) is 10.5 Å². The van der Waals surface area contributed by atoms with Gasteiger partial charge in [-0.25, -0.2) is 9.69 Å². The molecule has 0 aromatic heterocycles. The molecule has 1 aliphatic rings. The Morgan fingerprint density at radius 2 is 1.57 bits per heavy atom. The van der Waals surface area contributed by atoms with Crippen molar-refractivity contribution in [3.8, 4) is 0 Å². The number of hydrogen-bond donors (Lipinski definition) is 1. The van der Waals surface area contributed by atoms with Crippen LogP contribution in [0.25, 0.3) is 0 Å². The highest BCUT2D eigenvalue weighted by atomic mass is 16.2. The number of nitrogens with zero attached hydrogens (tertiary/aromatic N) is 1. The molecule has 2 aromatic rings. The van der Waals surface area contributed by atoms with Crippen molar-refractivity contribution in [1.29, 1.82) is 0 Å². The zero-order valence-corrected chi connectivity index (χ0v) is 12.0. The average molecular weight is 280 g/mol. The second-order valence-corrected chi connectivity index (χ2v) is 5.40. The van der Waals surface area contributed by atoms with Crippen LogP contribution < -0.4 is 10.2 Å². The molecule has 3 rings (SSSR count). The fraction of sp³-hybridized carbons (Fsp3) is 0.176. The van der Waals surface area contributed by atoms with Crippen LogP contribution in [0.3, 0.4) is 0 Å². The third-order valence-electron chi connectivity index (χ3n) is 3.83. The van der Waals surface area contributed by atoms with E-state index in [2.05, 4.69) is 5.32 Å². The monoisotopic (exact) mass is 280 g/mol. The van der Waals surface area contributed by atoms with Gasteiger partial charge in [-0.1, -0.05) is 48.0 Å². The minimum atomic E-state index is -1.02. The predicted octanol–water partition coefficient (Wildman–Crippen LogP) is 2.97. The molecule has 1 atom stereocenters. The van der Waals surface area contributed by atoms with Crippen LogP contribution in [-0.4, -0.2) is 11.9 Å². The van der Waals surface area contributed by atoms with E-state index in [1.165, 1.54) is 4.90 Å². The average Bonchev–Trinajstić information content (AvgIpc) is 2.72. The normalized spacial score (nSPS) is 21.5. The maximum absolute atomic E-state index is 12.8. The van der Waals surface area contributed by atoms with Gasteiger partial charge < -0.3 is 5.32 Å². The van der Waals surface area contributed by atoms with Crippen LogP contribution in [0.5, 0.6) is 0 Å². The highest BCUT2D eigenvalue weighted by Crippen LogP contribution is 2.31. The molecule has 1 unspecified atom stereocenters. The van der Waals surface area contributed by atoms with E-state index in [4.69, 9.17) is 0 Å². The van der Waals surface area contributed by atoms with E-state index >= 15 is 0 Å². The molecule has 0 radical (unpaired) electrons. The Bertz CT molecular complexity index is 694. The molecule has 0 spiro atoms. The summed E-state index contributed by atoms with van der Waals surface area (Å²) in [6.07, 6.45) is 0. The number of carbonyl (C=O) groups excluding carboxylic acids is 2. The molecule has 0 bridgehead atoms. The van der Waals surface area contributed by atoms with E-state index in [-0.39, 0.29) is 5.91 Å². The Kier molecular flexibility index (Phi) is 3.01. The standard InChI is InChI=1S/C17H16N2O2/c1-12-8-10-14(11-9-12)19-15(20)17(2,18-16(19)21)13-6-4-3-5-7-13/h3-11H,1-2H3,(H,18,21). The van der Waals surface area contributed by atoms with E-state index in [0.29, 0.717) is 5.69 Å². The summed E-state index contributed by atoms with van der Waals surface area (Å²) in [5.41, 5.74) is 1.42. The van der Waals surface area contributed by atoms with E-state index < -0.39 is 11.6 Å². The van der Waals surface area contributed by atoms with Gasteiger partial charge in [0.25, 0.3) is 5.91 Å². The molecule has 1 fully saturated rings. The van der Waals surface area contributed by atoms with Crippen molar-refractivity contribution in [2.75, 3.05) is 4.90 Å². The Balaban J connectivity index is 2.01. The summed E-state index contributed by atoms with van der Waals surface area (Å²) in [6, 6.07) is 16.2. The van der Waals surface area contributed by atoms with Gasteiger partial charge in [-0.05, 0) is 31.5 Å². The van der Waals surface area contributed by atoms with E-state index in [1.54, 1.807) is 19.1 Å². The number of carbonyl (C=O) groups is 2. The van der Waals surface area contributed by atoms with Crippen molar-refractivity contribution in [3.63, 3.8) is 0 Å². The number of benzene rings is 2. The van der Waals surface area contributed by atoms with Crippen LogP contribution in [0.15, 0.2) is 54.6 Å². The van der Waals surface area contributed by atoms with Crippen LogP contribution in [0.2, 0.25) is 0 Å². The lowest BCUT2D eigenvalue weighted by Crippen LogP contribution is -2.40. The number of nitrogens with one attached hydrogen (secondary N) is 1. The molecule has 4 nitrogen and oxygen atoms in total. The van der Waals surface area contributed by atoms with Crippen molar-refractivity contribution in [2.45, 2.75) is 19.4 Å². The van der Waals surface area contributed by atoms with Gasteiger partial charge in [0.15, 0.2) is 0 Å². The summed E-state index contributed by atoms with van der Waals surface area (Å²) in [5.74, 6) is -0.262. The zero-order chi connectivity index (χ0) is 15.0. The van der Waals surface area contributed by atoms with Crippen LogP contribution >= 0.6 is 0 Å². The predicted molar refractivity (Wildman–Crippen MR) is 81.0 cm³/mol. The summed E-state index contributed by atoms with van der Waals surface area (Å²) < 4.78 is 0. The molecule has 2 aromatic carbocycles. The number of urea groups is 1. The van der Waals surface area contributed by atoms with Gasteiger partial charge in [0.2, 0.25) is 0 Å². The summed E-state index contributed by atoms with van der Waals surface area (Å²) in [6.45, 7) is 3.69. The lowest BCUT2D eigenvalue weighted by atomic mass is 9.92. The number of aryl methyl sites for hydroxylation is 1. The lowest BCUT2D eigenvalue weighted by molar-refractivity contribution is -0.121. The molecule has 4 heteroatoms. The Morgan fingerprint density at radius 3 is 2.19 bits per heavy atom. The van der Waals surface area contributed by atoms with Gasteiger partial charge in [-0.15, -0.1) is 0 Å². The Labute approximate surface area is 123 Å². The SMILES string of the molecule is Cc1ccc(N2C(=O)NC(C)(c3ccccc3)C2=O)cc1. The minimum absolute atomic E-state index is 0.262. The number of hydrogen-bond acceptors (Lipinski definition) is 2. The molecule has 106 valence electrons. The van der Waals surface area contributed by atoms with Crippen LogP contribution in [0.1, 0.15) is 18.1 Å². The molecule has 1 N–H and O–H groups in total. The molecular weight excluding hydrogens is 264 g/mol. The largest absolute Gasteiger partial charge is 0.329 e. The third-order valence-corrected chi connectivity index (χ3v) is 3.83. The number of rotatable bonds is 2. The summed E-state index contributed by atoms with van der Waals surface area (Å²) in [7, 11) is 0. The van der Waals surface area contributed by atoms with Crippen LogP contribution in [-0.2, 0) is 10.3 Å². The number of anilines is 1. The molecule has 1 aliphatic heterocycles. The van der Waals surface area contributed by atoms with Gasteiger partial charge in [-0.2, -0.15) is 0 Å². The Morgan fingerprint density at radius 1 is 0.952 bits per heavy atom. The molecule has 3 amide bonds. The quantitative estimate of drug-likeness (QED) is 0.860. The summed E-state index contributed by atoms with van der Waals surface area (Å²) >= 11 is 0. The first-order valence-electron chi connectivity index (χ1n) is 6.81. The molecular formula is C17H16N2O2. The molecule has 1 saturated heterocycles. The number of amides is 3. The zero-order valence-electron chi connectivity index (χ0n) is 12.0. The van der Waals surface area contributed by atoms with Gasteiger partial charge in [0.1, 0.15) is 5.54 Å². The van der Waals surface area contributed by atoms with Crippen LogP contribution in [0, 0.1) is 6.92 Å². The molecule has 0 saturated carbocycles. The topological polar surface area (TPSA) is 49.4 Å². The molecule has 21 heavy (non-hydrogen) atoms. The second-order valence-electron chi connectivity index (χ2n) is 5.40. The minimum Gasteiger partial charge on any atom is -0.319 e. The van der Waals surface area contributed by atoms with Gasteiger partial charge in [-0.3, -0.25) is 4.79 Å².